The minimum Gasteiger partial charge on any atom is -0.299 e. The highest BCUT2D eigenvalue weighted by atomic mass is 35.5. The number of carbonyl (C=O) groups is 1. The summed E-state index contributed by atoms with van der Waals surface area (Å²) in [7, 11) is 0. The van der Waals surface area contributed by atoms with Gasteiger partial charge in [-0.3, -0.25) is 19.8 Å². The van der Waals surface area contributed by atoms with E-state index in [1.54, 1.807) is 12.1 Å². The van der Waals surface area contributed by atoms with Gasteiger partial charge in [0, 0.05) is 29.1 Å². The van der Waals surface area contributed by atoms with Crippen molar-refractivity contribution in [3.05, 3.63) is 73.5 Å². The van der Waals surface area contributed by atoms with Gasteiger partial charge in [-0.05, 0) is 49.7 Å². The lowest BCUT2D eigenvalue weighted by Gasteiger charge is -2.31. The van der Waals surface area contributed by atoms with E-state index in [9.17, 15) is 19.3 Å². The second-order valence-electron chi connectivity index (χ2n) is 6.99. The quantitative estimate of drug-likeness (QED) is 0.399. The number of nitrogens with zero attached hydrogens (tertiary/aromatic N) is 3. The number of hydrogen-bond acceptors (Lipinski definition) is 5. The van der Waals surface area contributed by atoms with Crippen LogP contribution < -0.4 is 5.43 Å². The summed E-state index contributed by atoms with van der Waals surface area (Å²) in [5.74, 6) is -0.747. The van der Waals surface area contributed by atoms with Crippen LogP contribution in [0.15, 0.2) is 41.5 Å². The highest BCUT2D eigenvalue weighted by molar-refractivity contribution is 6.32. The molecule has 1 amide bonds. The standard InChI is InChI=1S/C20H19Cl2FN4O3/c21-17-4-1-13(9-19(17)27(29)30)11-24-25-20(28)14-5-7-26(8-6-14)12-15-2-3-16(23)10-18(15)22/h1-4,9-11,14H,5-8,12H2,(H,25,28). The molecule has 1 N–H and O–H groups in total. The number of benzene rings is 2. The van der Waals surface area contributed by atoms with Gasteiger partial charge < -0.3 is 0 Å². The van der Waals surface area contributed by atoms with Crippen molar-refractivity contribution in [1.29, 1.82) is 0 Å². The van der Waals surface area contributed by atoms with Crippen molar-refractivity contribution in [3.8, 4) is 0 Å². The molecule has 158 valence electrons. The zero-order valence-corrected chi connectivity index (χ0v) is 17.4. The number of amides is 1. The van der Waals surface area contributed by atoms with Gasteiger partial charge in [-0.15, -0.1) is 0 Å². The third kappa shape index (κ3) is 5.75. The molecule has 0 radical (unpaired) electrons. The van der Waals surface area contributed by atoms with Crippen LogP contribution in [-0.2, 0) is 11.3 Å². The van der Waals surface area contributed by atoms with E-state index in [-0.39, 0.29) is 28.4 Å². The smallest absolute Gasteiger partial charge is 0.288 e. The van der Waals surface area contributed by atoms with E-state index >= 15 is 0 Å². The summed E-state index contributed by atoms with van der Waals surface area (Å²) in [6.45, 7) is 2.01. The number of hydrogen-bond donors (Lipinski definition) is 1. The van der Waals surface area contributed by atoms with Crippen molar-refractivity contribution in [3.63, 3.8) is 0 Å². The predicted octanol–water partition coefficient (Wildman–Crippen LogP) is 4.40. The average molecular weight is 453 g/mol. The molecule has 2 aromatic carbocycles. The Morgan fingerprint density at radius 2 is 1.97 bits per heavy atom. The number of hydrazone groups is 1. The van der Waals surface area contributed by atoms with Crippen molar-refractivity contribution >= 4 is 41.0 Å². The van der Waals surface area contributed by atoms with Crippen LogP contribution in [0.1, 0.15) is 24.0 Å². The molecule has 0 aromatic heterocycles. The Bertz CT molecular complexity index is 979. The molecular weight excluding hydrogens is 434 g/mol. The molecule has 0 atom stereocenters. The minimum atomic E-state index is -0.578. The normalized spacial score (nSPS) is 15.4. The van der Waals surface area contributed by atoms with Crippen LogP contribution >= 0.6 is 23.2 Å². The first-order chi connectivity index (χ1) is 14.3. The molecule has 3 rings (SSSR count). The van der Waals surface area contributed by atoms with Crippen LogP contribution in [0.3, 0.4) is 0 Å². The molecule has 1 aliphatic rings. The van der Waals surface area contributed by atoms with Crippen LogP contribution in [0.2, 0.25) is 10.0 Å². The summed E-state index contributed by atoms with van der Waals surface area (Å²) in [4.78, 5) is 24.8. The molecule has 7 nitrogen and oxygen atoms in total. The Hall–Kier alpha value is -2.55. The lowest BCUT2D eigenvalue weighted by molar-refractivity contribution is -0.384. The van der Waals surface area contributed by atoms with E-state index in [1.165, 1.54) is 30.5 Å². The molecule has 1 heterocycles. The molecule has 10 heteroatoms. The number of nitrogens with one attached hydrogen (secondary N) is 1. The highest BCUT2D eigenvalue weighted by Crippen LogP contribution is 2.25. The number of likely N-dealkylation sites (tertiary alicyclic amines) is 1. The van der Waals surface area contributed by atoms with Crippen molar-refractivity contribution < 1.29 is 14.1 Å². The zero-order chi connectivity index (χ0) is 21.7. The van der Waals surface area contributed by atoms with E-state index in [2.05, 4.69) is 15.4 Å². The molecule has 30 heavy (non-hydrogen) atoms. The number of nitro groups is 1. The van der Waals surface area contributed by atoms with Gasteiger partial charge in [-0.1, -0.05) is 35.3 Å². The van der Waals surface area contributed by atoms with Crippen molar-refractivity contribution in [2.45, 2.75) is 19.4 Å². The maximum absolute atomic E-state index is 13.2. The Morgan fingerprint density at radius 1 is 1.23 bits per heavy atom. The van der Waals surface area contributed by atoms with Gasteiger partial charge in [0.2, 0.25) is 5.91 Å². The molecule has 2 aromatic rings. The fourth-order valence-corrected chi connectivity index (χ4v) is 3.67. The first-order valence-corrected chi connectivity index (χ1v) is 10.0. The van der Waals surface area contributed by atoms with Gasteiger partial charge >= 0.3 is 0 Å². The fourth-order valence-electron chi connectivity index (χ4n) is 3.26. The molecule has 1 aliphatic heterocycles. The molecule has 0 aliphatic carbocycles. The summed E-state index contributed by atoms with van der Waals surface area (Å²) in [5, 5.41) is 15.2. The Labute approximate surface area is 182 Å². The third-order valence-electron chi connectivity index (χ3n) is 4.92. The topological polar surface area (TPSA) is 87.8 Å². The van der Waals surface area contributed by atoms with Crippen molar-refractivity contribution in [2.75, 3.05) is 13.1 Å². The Balaban J connectivity index is 1.49. The van der Waals surface area contributed by atoms with Crippen LogP contribution in [0, 0.1) is 21.8 Å². The molecule has 1 saturated heterocycles. The first-order valence-electron chi connectivity index (χ1n) is 9.26. The van der Waals surface area contributed by atoms with E-state index in [0.717, 1.165) is 5.56 Å². The second-order valence-corrected chi connectivity index (χ2v) is 7.80. The molecule has 0 bridgehead atoms. The summed E-state index contributed by atoms with van der Waals surface area (Å²) in [5.41, 5.74) is 3.57. The molecule has 0 spiro atoms. The van der Waals surface area contributed by atoms with Gasteiger partial charge in [-0.2, -0.15) is 5.10 Å². The SMILES string of the molecule is O=C(NN=Cc1ccc(Cl)c([N+](=O)[O-])c1)C1CCN(Cc2ccc(F)cc2Cl)CC1. The van der Waals surface area contributed by atoms with Gasteiger partial charge in [0.05, 0.1) is 11.1 Å². The summed E-state index contributed by atoms with van der Waals surface area (Å²) >= 11 is 11.9. The molecule has 1 fully saturated rings. The van der Waals surface area contributed by atoms with E-state index < -0.39 is 4.92 Å². The minimum absolute atomic E-state index is 0.0369. The zero-order valence-electron chi connectivity index (χ0n) is 15.9. The van der Waals surface area contributed by atoms with Crippen LogP contribution in [0.25, 0.3) is 0 Å². The van der Waals surface area contributed by atoms with Gasteiger partial charge in [-0.25, -0.2) is 9.82 Å². The fraction of sp³-hybridized carbons (Fsp3) is 0.300. The van der Waals surface area contributed by atoms with Crippen LogP contribution in [0.4, 0.5) is 10.1 Å². The predicted molar refractivity (Wildman–Crippen MR) is 113 cm³/mol. The second kappa shape index (κ2) is 9.97. The maximum atomic E-state index is 13.2. The van der Waals surface area contributed by atoms with E-state index in [4.69, 9.17) is 23.2 Å². The summed E-state index contributed by atoms with van der Waals surface area (Å²) in [6.07, 6.45) is 2.66. The van der Waals surface area contributed by atoms with Gasteiger partial charge in [0.1, 0.15) is 10.8 Å². The lowest BCUT2D eigenvalue weighted by atomic mass is 9.96. The average Bonchev–Trinajstić information content (AvgIpc) is 2.71. The lowest BCUT2D eigenvalue weighted by Crippen LogP contribution is -2.39. The summed E-state index contributed by atoms with van der Waals surface area (Å²) in [6, 6.07) is 8.62. The number of nitro benzene ring substituents is 1. The van der Waals surface area contributed by atoms with E-state index in [1.807, 2.05) is 0 Å². The molecular formula is C20H19Cl2FN4O3. The number of piperidine rings is 1. The highest BCUT2D eigenvalue weighted by Gasteiger charge is 2.25. The number of carbonyl (C=O) groups excluding carboxylic acids is 1. The molecule has 0 saturated carbocycles. The van der Waals surface area contributed by atoms with Crippen molar-refractivity contribution in [2.24, 2.45) is 11.0 Å². The maximum Gasteiger partial charge on any atom is 0.288 e. The monoisotopic (exact) mass is 452 g/mol. The van der Waals surface area contributed by atoms with Crippen LogP contribution in [-0.4, -0.2) is 35.0 Å². The van der Waals surface area contributed by atoms with Crippen LogP contribution in [0.5, 0.6) is 0 Å². The Kier molecular flexibility index (Phi) is 7.36. The largest absolute Gasteiger partial charge is 0.299 e. The van der Waals surface area contributed by atoms with Crippen molar-refractivity contribution in [1.82, 2.24) is 10.3 Å². The Morgan fingerprint density at radius 3 is 2.63 bits per heavy atom. The first kappa shape index (κ1) is 22.1. The number of rotatable bonds is 6. The van der Waals surface area contributed by atoms with Gasteiger partial charge in [0.15, 0.2) is 0 Å². The molecule has 0 unspecified atom stereocenters. The summed E-state index contributed by atoms with van der Waals surface area (Å²) < 4.78 is 13.2. The van der Waals surface area contributed by atoms with Gasteiger partial charge in [0.25, 0.3) is 5.69 Å². The third-order valence-corrected chi connectivity index (χ3v) is 5.59. The van der Waals surface area contributed by atoms with E-state index in [0.29, 0.717) is 43.1 Å². The number of halogens is 3.